The van der Waals surface area contributed by atoms with Crippen LogP contribution in [0.4, 0.5) is 27.8 Å². The fraction of sp³-hybridized carbons (Fsp3) is 0.0833. The lowest BCUT2D eigenvalue weighted by atomic mass is 10.2. The Balaban J connectivity index is 2.30. The molecule has 1 aromatic carbocycles. The summed E-state index contributed by atoms with van der Waals surface area (Å²) in [5.41, 5.74) is 5.55. The van der Waals surface area contributed by atoms with Crippen LogP contribution in [0.2, 0.25) is 0 Å². The van der Waals surface area contributed by atoms with Crippen LogP contribution in [-0.4, -0.2) is 4.98 Å². The summed E-state index contributed by atoms with van der Waals surface area (Å²) in [6, 6.07) is 4.38. The van der Waals surface area contributed by atoms with Gasteiger partial charge in [-0.25, -0.2) is 18.2 Å². The highest BCUT2D eigenvalue weighted by Gasteiger charge is 2.27. The maximum absolute atomic E-state index is 13.3. The highest BCUT2D eigenvalue weighted by Crippen LogP contribution is 2.29. The van der Waals surface area contributed by atoms with Crippen LogP contribution in [0, 0.1) is 29.1 Å². The van der Waals surface area contributed by atoms with Gasteiger partial charge in [-0.1, -0.05) is 6.07 Å². The molecule has 0 saturated heterocycles. The van der Waals surface area contributed by atoms with Gasteiger partial charge in [-0.2, -0.15) is 8.78 Å². The van der Waals surface area contributed by atoms with Gasteiger partial charge in [0.05, 0.1) is 5.69 Å². The molecular formula is C12H7F5N2O. The molecule has 0 saturated carbocycles. The van der Waals surface area contributed by atoms with Gasteiger partial charge in [0.25, 0.3) is 0 Å². The first-order valence-corrected chi connectivity index (χ1v) is 5.27. The number of rotatable bonds is 3. The van der Waals surface area contributed by atoms with E-state index in [1.807, 2.05) is 0 Å². The molecule has 106 valence electrons. The van der Waals surface area contributed by atoms with Crippen molar-refractivity contribution in [1.82, 2.24) is 4.98 Å². The maximum atomic E-state index is 13.3. The third kappa shape index (κ3) is 2.49. The van der Waals surface area contributed by atoms with Crippen LogP contribution >= 0.6 is 0 Å². The van der Waals surface area contributed by atoms with Gasteiger partial charge in [-0.15, -0.1) is 0 Å². The first kappa shape index (κ1) is 14.0. The van der Waals surface area contributed by atoms with Crippen LogP contribution in [0.3, 0.4) is 0 Å². The fourth-order valence-corrected chi connectivity index (χ4v) is 1.44. The number of pyridine rings is 1. The average molecular weight is 290 g/mol. The van der Waals surface area contributed by atoms with Crippen LogP contribution in [-0.2, 0) is 6.61 Å². The lowest BCUT2D eigenvalue weighted by Crippen LogP contribution is -2.08. The Kier molecular flexibility index (Phi) is 3.73. The summed E-state index contributed by atoms with van der Waals surface area (Å²) in [4.78, 5) is 3.76. The molecule has 0 spiro atoms. The van der Waals surface area contributed by atoms with Crippen LogP contribution in [0.15, 0.2) is 18.2 Å². The number of nitrogen functional groups attached to an aromatic ring is 1. The van der Waals surface area contributed by atoms with E-state index in [-0.39, 0.29) is 11.5 Å². The van der Waals surface area contributed by atoms with Crippen molar-refractivity contribution in [3.05, 3.63) is 53.0 Å². The van der Waals surface area contributed by atoms with Crippen LogP contribution in [0.25, 0.3) is 0 Å². The molecule has 0 fully saturated rings. The topological polar surface area (TPSA) is 48.1 Å². The van der Waals surface area contributed by atoms with Crippen molar-refractivity contribution in [2.45, 2.75) is 6.61 Å². The maximum Gasteiger partial charge on any atom is 0.207 e. The Morgan fingerprint density at radius 2 is 1.45 bits per heavy atom. The van der Waals surface area contributed by atoms with Crippen molar-refractivity contribution >= 4 is 5.82 Å². The number of aromatic nitrogens is 1. The molecule has 8 heteroatoms. The number of nitrogens with two attached hydrogens (primary N) is 1. The van der Waals surface area contributed by atoms with E-state index in [2.05, 4.69) is 9.72 Å². The zero-order chi connectivity index (χ0) is 14.9. The Morgan fingerprint density at radius 3 is 2.00 bits per heavy atom. The van der Waals surface area contributed by atoms with Crippen LogP contribution < -0.4 is 10.5 Å². The summed E-state index contributed by atoms with van der Waals surface area (Å²) in [5, 5.41) is 0. The van der Waals surface area contributed by atoms with Crippen LogP contribution in [0.5, 0.6) is 5.75 Å². The quantitative estimate of drug-likeness (QED) is 0.537. The van der Waals surface area contributed by atoms with Gasteiger partial charge in [0.2, 0.25) is 29.1 Å². The molecule has 0 amide bonds. The first-order valence-electron chi connectivity index (χ1n) is 5.27. The third-order valence-electron chi connectivity index (χ3n) is 2.36. The average Bonchev–Trinajstić information content (AvgIpc) is 2.43. The number of hydrogen-bond donors (Lipinski definition) is 1. The van der Waals surface area contributed by atoms with Crippen molar-refractivity contribution in [2.75, 3.05) is 5.73 Å². The number of nitrogens with zero attached hydrogens (tertiary/aromatic N) is 1. The summed E-state index contributed by atoms with van der Waals surface area (Å²) >= 11 is 0. The van der Waals surface area contributed by atoms with Crippen molar-refractivity contribution < 1.29 is 26.7 Å². The lowest BCUT2D eigenvalue weighted by molar-refractivity contribution is 0.250. The van der Waals surface area contributed by atoms with Crippen molar-refractivity contribution in [3.63, 3.8) is 0 Å². The first-order chi connectivity index (χ1) is 9.41. The van der Waals surface area contributed by atoms with E-state index in [1.54, 1.807) is 0 Å². The summed E-state index contributed by atoms with van der Waals surface area (Å²) in [5.74, 6) is -11.7. The fourth-order valence-electron chi connectivity index (χ4n) is 1.44. The molecule has 3 nitrogen and oxygen atoms in total. The molecule has 2 rings (SSSR count). The number of benzene rings is 1. The Morgan fingerprint density at radius 1 is 0.900 bits per heavy atom. The predicted molar refractivity (Wildman–Crippen MR) is 59.2 cm³/mol. The Hall–Kier alpha value is -2.38. The predicted octanol–water partition coefficient (Wildman–Crippen LogP) is 2.94. The van der Waals surface area contributed by atoms with E-state index >= 15 is 0 Å². The number of anilines is 1. The second-order valence-electron chi connectivity index (χ2n) is 3.74. The van der Waals surface area contributed by atoms with E-state index in [0.717, 1.165) is 0 Å². The molecule has 0 aliphatic carbocycles. The summed E-state index contributed by atoms with van der Waals surface area (Å²) in [7, 11) is 0. The second kappa shape index (κ2) is 5.32. The van der Waals surface area contributed by atoms with E-state index in [1.165, 1.54) is 18.2 Å². The Labute approximate surface area is 109 Å². The van der Waals surface area contributed by atoms with Crippen LogP contribution in [0.1, 0.15) is 5.69 Å². The molecule has 1 heterocycles. The molecule has 0 unspecified atom stereocenters. The minimum atomic E-state index is -2.24. The van der Waals surface area contributed by atoms with Gasteiger partial charge in [0.1, 0.15) is 12.4 Å². The monoisotopic (exact) mass is 290 g/mol. The van der Waals surface area contributed by atoms with Crippen molar-refractivity contribution in [3.8, 4) is 5.75 Å². The van der Waals surface area contributed by atoms with Gasteiger partial charge >= 0.3 is 0 Å². The van der Waals surface area contributed by atoms with Crippen molar-refractivity contribution in [1.29, 1.82) is 0 Å². The molecule has 0 radical (unpaired) electrons. The molecule has 0 aliphatic rings. The largest absolute Gasteiger partial charge is 0.481 e. The Bertz CT molecular complexity index is 634. The minimum absolute atomic E-state index is 0.128. The number of halogens is 5. The molecule has 2 N–H and O–H groups in total. The zero-order valence-electron chi connectivity index (χ0n) is 9.76. The third-order valence-corrected chi connectivity index (χ3v) is 2.36. The van der Waals surface area contributed by atoms with E-state index < -0.39 is 41.4 Å². The number of ether oxygens (including phenoxy) is 1. The van der Waals surface area contributed by atoms with E-state index in [0.29, 0.717) is 0 Å². The summed E-state index contributed by atoms with van der Waals surface area (Å²) < 4.78 is 69.8. The van der Waals surface area contributed by atoms with Gasteiger partial charge in [-0.3, -0.25) is 0 Å². The SMILES string of the molecule is Nc1cccc(COc2c(F)c(F)c(F)c(F)c2F)n1. The van der Waals surface area contributed by atoms with Gasteiger partial charge in [0, 0.05) is 0 Å². The molecule has 2 aromatic rings. The molecule has 0 aliphatic heterocycles. The van der Waals surface area contributed by atoms with Gasteiger partial charge in [-0.05, 0) is 12.1 Å². The number of hydrogen-bond acceptors (Lipinski definition) is 3. The normalized spacial score (nSPS) is 10.7. The molecule has 1 aromatic heterocycles. The molecule has 20 heavy (non-hydrogen) atoms. The highest BCUT2D eigenvalue weighted by molar-refractivity contribution is 5.31. The van der Waals surface area contributed by atoms with Gasteiger partial charge < -0.3 is 10.5 Å². The van der Waals surface area contributed by atoms with E-state index in [4.69, 9.17) is 5.73 Å². The molecular weight excluding hydrogens is 283 g/mol. The lowest BCUT2D eigenvalue weighted by Gasteiger charge is -2.10. The standard InChI is InChI=1S/C12H7F5N2O/c13-7-8(14)10(16)12(11(17)9(7)15)20-4-5-2-1-3-6(18)19-5/h1-3H,4H2,(H2,18,19). The smallest absolute Gasteiger partial charge is 0.207 e. The van der Waals surface area contributed by atoms with Gasteiger partial charge in [0.15, 0.2) is 5.75 Å². The molecule has 0 atom stereocenters. The van der Waals surface area contributed by atoms with Crippen molar-refractivity contribution in [2.24, 2.45) is 0 Å². The van der Waals surface area contributed by atoms with E-state index in [9.17, 15) is 22.0 Å². The second-order valence-corrected chi connectivity index (χ2v) is 3.74. The minimum Gasteiger partial charge on any atom is -0.481 e. The molecule has 0 bridgehead atoms. The summed E-state index contributed by atoms with van der Waals surface area (Å²) in [6.07, 6.45) is 0. The zero-order valence-corrected chi connectivity index (χ0v) is 9.76. The summed E-state index contributed by atoms with van der Waals surface area (Å²) in [6.45, 7) is -0.497. The highest BCUT2D eigenvalue weighted by atomic mass is 19.2.